The molecule has 0 radical (unpaired) electrons. The summed E-state index contributed by atoms with van der Waals surface area (Å²) >= 11 is 0. The molecule has 1 fully saturated rings. The van der Waals surface area contributed by atoms with Gasteiger partial charge in [0.15, 0.2) is 0 Å². The summed E-state index contributed by atoms with van der Waals surface area (Å²) in [6.07, 6.45) is 1.44. The zero-order valence-corrected chi connectivity index (χ0v) is 12.0. The van der Waals surface area contributed by atoms with E-state index in [1.165, 1.54) is 7.11 Å². The Balaban J connectivity index is 1.78. The molecule has 22 heavy (non-hydrogen) atoms. The van der Waals surface area contributed by atoms with Gasteiger partial charge < -0.3 is 4.74 Å². The Morgan fingerprint density at radius 3 is 2.82 bits per heavy atom. The van der Waals surface area contributed by atoms with E-state index in [9.17, 15) is 13.6 Å². The first kappa shape index (κ1) is 14.6. The van der Waals surface area contributed by atoms with Gasteiger partial charge in [0.2, 0.25) is 5.92 Å². The number of rotatable bonds is 4. The zero-order chi connectivity index (χ0) is 15.7. The van der Waals surface area contributed by atoms with Crippen molar-refractivity contribution in [2.24, 2.45) is 5.92 Å². The van der Waals surface area contributed by atoms with Gasteiger partial charge in [-0.15, -0.1) is 5.10 Å². The number of halogens is 2. The first-order chi connectivity index (χ1) is 10.5. The van der Waals surface area contributed by atoms with E-state index in [1.54, 1.807) is 35.1 Å². The second kappa shape index (κ2) is 5.47. The van der Waals surface area contributed by atoms with Gasteiger partial charge in [-0.2, -0.15) is 0 Å². The summed E-state index contributed by atoms with van der Waals surface area (Å²) in [5.74, 6) is -3.07. The number of hydrogen-bond donors (Lipinski definition) is 0. The van der Waals surface area contributed by atoms with Crippen LogP contribution in [-0.4, -0.2) is 34.0 Å². The first-order valence-corrected chi connectivity index (χ1v) is 6.94. The Labute approximate surface area is 125 Å². The van der Waals surface area contributed by atoms with E-state index in [0.717, 1.165) is 0 Å². The largest absolute Gasteiger partial charge is 0.465 e. The summed E-state index contributed by atoms with van der Waals surface area (Å²) in [5, 5.41) is 7.99. The fourth-order valence-corrected chi connectivity index (χ4v) is 2.68. The van der Waals surface area contributed by atoms with E-state index < -0.39 is 11.9 Å². The number of benzene rings is 1. The summed E-state index contributed by atoms with van der Waals surface area (Å²) in [6, 6.07) is 6.91. The van der Waals surface area contributed by atoms with Crippen LogP contribution in [0.4, 0.5) is 8.78 Å². The zero-order valence-electron chi connectivity index (χ0n) is 12.0. The third-order valence-electron chi connectivity index (χ3n) is 3.77. The minimum Gasteiger partial charge on any atom is -0.465 e. The van der Waals surface area contributed by atoms with E-state index in [2.05, 4.69) is 10.3 Å². The summed E-state index contributed by atoms with van der Waals surface area (Å²) in [7, 11) is 1.31. The monoisotopic (exact) mass is 307 g/mol. The van der Waals surface area contributed by atoms with Gasteiger partial charge in [0, 0.05) is 24.9 Å². The molecule has 0 atom stereocenters. The summed E-state index contributed by atoms with van der Waals surface area (Å²) in [6.45, 7) is 0.406. The third-order valence-corrected chi connectivity index (χ3v) is 3.77. The smallest absolute Gasteiger partial charge is 0.338 e. The quantitative estimate of drug-likeness (QED) is 0.815. The van der Waals surface area contributed by atoms with Crippen LogP contribution in [0.1, 0.15) is 23.2 Å². The van der Waals surface area contributed by atoms with E-state index in [4.69, 9.17) is 4.74 Å². The molecule has 3 rings (SSSR count). The average molecular weight is 307 g/mol. The van der Waals surface area contributed by atoms with Crippen LogP contribution in [0.15, 0.2) is 30.5 Å². The van der Waals surface area contributed by atoms with E-state index in [1.807, 2.05) is 0 Å². The number of alkyl halides is 2. The SMILES string of the molecule is COC(=O)c1ccccc1-c1cn(CC2CC(F)(F)C2)nn1. The predicted molar refractivity (Wildman–Crippen MR) is 74.5 cm³/mol. The van der Waals surface area contributed by atoms with Crippen LogP contribution in [0.3, 0.4) is 0 Å². The molecule has 5 nitrogen and oxygen atoms in total. The highest BCUT2D eigenvalue weighted by Crippen LogP contribution is 2.43. The second-order valence-electron chi connectivity index (χ2n) is 5.49. The number of aromatic nitrogens is 3. The first-order valence-electron chi connectivity index (χ1n) is 6.94. The molecule has 2 aromatic rings. The van der Waals surface area contributed by atoms with E-state index in [-0.39, 0.29) is 18.8 Å². The predicted octanol–water partition coefficient (Wildman–Crippen LogP) is 2.78. The molecule has 116 valence electrons. The number of methoxy groups -OCH3 is 1. The fourth-order valence-electron chi connectivity index (χ4n) is 2.68. The molecule has 0 spiro atoms. The molecule has 0 unspecified atom stereocenters. The lowest BCUT2D eigenvalue weighted by atomic mass is 9.81. The molecular formula is C15H15F2N3O2. The van der Waals surface area contributed by atoms with Crippen LogP contribution < -0.4 is 0 Å². The highest BCUT2D eigenvalue weighted by molar-refractivity contribution is 5.96. The van der Waals surface area contributed by atoms with Gasteiger partial charge in [-0.25, -0.2) is 13.6 Å². The van der Waals surface area contributed by atoms with Crippen LogP contribution in [0.2, 0.25) is 0 Å². The molecule has 1 aromatic heterocycles. The lowest BCUT2D eigenvalue weighted by Gasteiger charge is -2.34. The van der Waals surface area contributed by atoms with Gasteiger partial charge in [0.05, 0.1) is 18.9 Å². The number of carbonyl (C=O) groups excluding carboxylic acids is 1. The van der Waals surface area contributed by atoms with Gasteiger partial charge >= 0.3 is 5.97 Å². The Morgan fingerprint density at radius 1 is 1.41 bits per heavy atom. The third kappa shape index (κ3) is 2.84. The second-order valence-corrected chi connectivity index (χ2v) is 5.49. The maximum Gasteiger partial charge on any atom is 0.338 e. The molecule has 1 heterocycles. The van der Waals surface area contributed by atoms with Crippen LogP contribution in [-0.2, 0) is 11.3 Å². The molecule has 0 saturated heterocycles. The average Bonchev–Trinajstić information content (AvgIpc) is 2.93. The van der Waals surface area contributed by atoms with Crippen LogP contribution in [0.25, 0.3) is 11.3 Å². The van der Waals surface area contributed by atoms with Crippen molar-refractivity contribution in [3.8, 4) is 11.3 Å². The molecule has 1 aliphatic carbocycles. The summed E-state index contributed by atoms with van der Waals surface area (Å²) in [5.41, 5.74) is 1.53. The number of hydrogen-bond acceptors (Lipinski definition) is 4. The Hall–Kier alpha value is -2.31. The molecule has 1 aromatic carbocycles. The van der Waals surface area contributed by atoms with Crippen molar-refractivity contribution in [3.05, 3.63) is 36.0 Å². The standard InChI is InChI=1S/C15H15F2N3O2/c1-22-14(21)12-5-3-2-4-11(12)13-9-20(19-18-13)8-10-6-15(16,17)7-10/h2-5,9-10H,6-8H2,1H3. The van der Waals surface area contributed by atoms with Gasteiger partial charge in [0.1, 0.15) is 5.69 Å². The lowest BCUT2D eigenvalue weighted by molar-refractivity contribution is -0.114. The van der Waals surface area contributed by atoms with Crippen molar-refractivity contribution in [2.75, 3.05) is 7.11 Å². The molecule has 0 N–H and O–H groups in total. The number of ether oxygens (including phenoxy) is 1. The van der Waals surface area contributed by atoms with Gasteiger partial charge in [0.25, 0.3) is 0 Å². The number of nitrogens with zero attached hydrogens (tertiary/aromatic N) is 3. The maximum absolute atomic E-state index is 12.8. The van der Waals surface area contributed by atoms with Crippen LogP contribution >= 0.6 is 0 Å². The van der Waals surface area contributed by atoms with Crippen molar-refractivity contribution < 1.29 is 18.3 Å². The lowest BCUT2D eigenvalue weighted by Crippen LogP contribution is -2.37. The van der Waals surface area contributed by atoms with E-state index in [0.29, 0.717) is 23.4 Å². The molecule has 0 amide bonds. The Morgan fingerprint density at radius 2 is 2.14 bits per heavy atom. The number of esters is 1. The molecule has 1 aliphatic rings. The van der Waals surface area contributed by atoms with Crippen molar-refractivity contribution in [1.29, 1.82) is 0 Å². The molecule has 0 aliphatic heterocycles. The van der Waals surface area contributed by atoms with Gasteiger partial charge in [-0.05, 0) is 12.0 Å². The van der Waals surface area contributed by atoms with Crippen molar-refractivity contribution >= 4 is 5.97 Å². The highest BCUT2D eigenvalue weighted by atomic mass is 19.3. The Kier molecular flexibility index (Phi) is 3.64. The molecule has 1 saturated carbocycles. The molecular weight excluding hydrogens is 292 g/mol. The van der Waals surface area contributed by atoms with Crippen molar-refractivity contribution in [3.63, 3.8) is 0 Å². The fraction of sp³-hybridized carbons (Fsp3) is 0.400. The summed E-state index contributed by atoms with van der Waals surface area (Å²) in [4.78, 5) is 11.8. The topological polar surface area (TPSA) is 57.0 Å². The maximum atomic E-state index is 12.8. The van der Waals surface area contributed by atoms with Crippen molar-refractivity contribution in [2.45, 2.75) is 25.3 Å². The van der Waals surface area contributed by atoms with Gasteiger partial charge in [-0.3, -0.25) is 4.68 Å². The Bertz CT molecular complexity index is 692. The summed E-state index contributed by atoms with van der Waals surface area (Å²) < 4.78 is 32.0. The van der Waals surface area contributed by atoms with Crippen molar-refractivity contribution in [1.82, 2.24) is 15.0 Å². The minimum atomic E-state index is -2.54. The normalized spacial score (nSPS) is 17.0. The van der Waals surface area contributed by atoms with Crippen LogP contribution in [0.5, 0.6) is 0 Å². The van der Waals surface area contributed by atoms with Gasteiger partial charge in [-0.1, -0.05) is 23.4 Å². The molecule has 7 heteroatoms. The minimum absolute atomic E-state index is 0.0830. The van der Waals surface area contributed by atoms with E-state index >= 15 is 0 Å². The number of carbonyl (C=O) groups is 1. The van der Waals surface area contributed by atoms with Crippen LogP contribution in [0, 0.1) is 5.92 Å². The molecule has 0 bridgehead atoms. The highest BCUT2D eigenvalue weighted by Gasteiger charge is 2.45.